The maximum Gasteiger partial charge on any atom is 0.573 e. The maximum atomic E-state index is 12.6. The second kappa shape index (κ2) is 10.7. The first-order valence-corrected chi connectivity index (χ1v) is 11.4. The quantitative estimate of drug-likeness (QED) is 0.434. The molecular weight excluding hydrogens is 431 g/mol. The fourth-order valence-corrected chi connectivity index (χ4v) is 4.26. The van der Waals surface area contributed by atoms with Crippen LogP contribution in [0, 0.1) is 5.92 Å². The van der Waals surface area contributed by atoms with Crippen molar-refractivity contribution in [2.45, 2.75) is 59.2 Å². The number of ether oxygens (including phenoxy) is 1. The van der Waals surface area contributed by atoms with Gasteiger partial charge in [-0.25, -0.2) is 4.98 Å². The lowest BCUT2D eigenvalue weighted by molar-refractivity contribution is -0.274. The molecule has 8 heteroatoms. The van der Waals surface area contributed by atoms with E-state index in [1.165, 1.54) is 24.3 Å². The number of anilines is 3. The minimum atomic E-state index is -4.74. The fraction of sp³-hybridized carbons (Fsp3) is 0.440. The molecule has 1 aliphatic heterocycles. The highest BCUT2D eigenvalue weighted by Gasteiger charge is 2.31. The Hall–Kier alpha value is -3.03. The molecule has 0 spiro atoms. The highest BCUT2D eigenvalue weighted by Crippen LogP contribution is 2.41. The molecule has 0 radical (unpaired) electrons. The van der Waals surface area contributed by atoms with Crippen molar-refractivity contribution in [2.24, 2.45) is 5.92 Å². The van der Waals surface area contributed by atoms with Crippen LogP contribution >= 0.6 is 0 Å². The summed E-state index contributed by atoms with van der Waals surface area (Å²) < 4.78 is 41.4. The number of benzene rings is 1. The first kappa shape index (κ1) is 24.6. The summed E-state index contributed by atoms with van der Waals surface area (Å²) in [7, 11) is 0. The van der Waals surface area contributed by atoms with Gasteiger partial charge >= 0.3 is 6.36 Å². The van der Waals surface area contributed by atoms with Gasteiger partial charge in [-0.1, -0.05) is 26.8 Å². The average molecular weight is 462 g/mol. The Balaban J connectivity index is 2.05. The molecule has 1 saturated heterocycles. The summed E-state index contributed by atoms with van der Waals surface area (Å²) in [6.07, 6.45) is 3.13. The van der Waals surface area contributed by atoms with Crippen molar-refractivity contribution in [2.75, 3.05) is 16.8 Å². The lowest BCUT2D eigenvalue weighted by atomic mass is 9.86. The zero-order chi connectivity index (χ0) is 24.0. The molecule has 1 fully saturated rings. The van der Waals surface area contributed by atoms with Gasteiger partial charge in [0, 0.05) is 30.4 Å². The molecule has 178 valence electrons. The monoisotopic (exact) mass is 461 g/mol. The third-order valence-electron chi connectivity index (χ3n) is 5.78. The van der Waals surface area contributed by atoms with E-state index >= 15 is 0 Å². The SMILES string of the molecule is CC/C=C(/c1c(N2CCCC2=O)ccnc1Nc1ccc(OC(F)(F)F)cc1)C(CC)CC. The summed E-state index contributed by atoms with van der Waals surface area (Å²) in [4.78, 5) is 19.0. The van der Waals surface area contributed by atoms with Gasteiger partial charge in [0.15, 0.2) is 0 Å². The van der Waals surface area contributed by atoms with E-state index in [9.17, 15) is 18.0 Å². The smallest absolute Gasteiger partial charge is 0.406 e. The third kappa shape index (κ3) is 6.06. The summed E-state index contributed by atoms with van der Waals surface area (Å²) in [6.45, 7) is 7.01. The van der Waals surface area contributed by atoms with Gasteiger partial charge in [-0.3, -0.25) is 4.79 Å². The Bertz CT molecular complexity index is 983. The lowest BCUT2D eigenvalue weighted by Crippen LogP contribution is -2.25. The predicted octanol–water partition coefficient (Wildman–Crippen LogP) is 7.08. The van der Waals surface area contributed by atoms with Crippen molar-refractivity contribution < 1.29 is 22.7 Å². The molecule has 0 unspecified atom stereocenters. The standard InChI is InChI=1S/C25H30F3N3O2/c1-4-8-20(17(5-2)6-3)23-21(31-16-7-9-22(31)32)14-15-29-24(23)30-18-10-12-19(13-11-18)33-25(26,27)28/h8,10-15,17H,4-7,9,16H2,1-3H3,(H,29,30)/b20-8+. The van der Waals surface area contributed by atoms with Gasteiger partial charge in [0.25, 0.3) is 0 Å². The van der Waals surface area contributed by atoms with E-state index in [0.29, 0.717) is 24.5 Å². The summed E-state index contributed by atoms with van der Waals surface area (Å²) >= 11 is 0. The number of alkyl halides is 3. The van der Waals surface area contributed by atoms with Gasteiger partial charge in [0.2, 0.25) is 5.91 Å². The number of pyridine rings is 1. The minimum absolute atomic E-state index is 0.0856. The summed E-state index contributed by atoms with van der Waals surface area (Å²) in [5.41, 5.74) is 3.39. The van der Waals surface area contributed by atoms with Gasteiger partial charge < -0.3 is 15.0 Å². The van der Waals surface area contributed by atoms with Gasteiger partial charge in [0.05, 0.1) is 5.69 Å². The van der Waals surface area contributed by atoms with Gasteiger partial charge in [-0.15, -0.1) is 13.2 Å². The second-order valence-corrected chi connectivity index (χ2v) is 7.98. The van der Waals surface area contributed by atoms with Crippen molar-refractivity contribution in [3.63, 3.8) is 0 Å². The number of nitrogens with one attached hydrogen (secondary N) is 1. The molecule has 2 heterocycles. The summed E-state index contributed by atoms with van der Waals surface area (Å²) in [6, 6.07) is 7.41. The second-order valence-electron chi connectivity index (χ2n) is 7.98. The van der Waals surface area contributed by atoms with Crippen molar-refractivity contribution in [3.05, 3.63) is 48.2 Å². The summed E-state index contributed by atoms with van der Waals surface area (Å²) in [5.74, 6) is 0.653. The molecule has 0 atom stereocenters. The molecule has 1 amide bonds. The highest BCUT2D eigenvalue weighted by atomic mass is 19.4. The molecule has 5 nitrogen and oxygen atoms in total. The number of hydrogen-bond acceptors (Lipinski definition) is 4. The fourth-order valence-electron chi connectivity index (χ4n) is 4.26. The van der Waals surface area contributed by atoms with Crippen molar-refractivity contribution in [3.8, 4) is 5.75 Å². The Morgan fingerprint density at radius 1 is 1.18 bits per heavy atom. The molecule has 1 aromatic carbocycles. The molecule has 1 aliphatic rings. The van der Waals surface area contributed by atoms with Crippen LogP contribution in [-0.2, 0) is 4.79 Å². The predicted molar refractivity (Wildman–Crippen MR) is 125 cm³/mol. The topological polar surface area (TPSA) is 54.5 Å². The van der Waals surface area contributed by atoms with Crippen LogP contribution in [0.1, 0.15) is 58.4 Å². The van der Waals surface area contributed by atoms with E-state index in [-0.39, 0.29) is 17.6 Å². The molecular formula is C25H30F3N3O2. The van der Waals surface area contributed by atoms with Gasteiger partial charge in [-0.05, 0) is 67.5 Å². The van der Waals surface area contributed by atoms with Crippen LogP contribution in [0.5, 0.6) is 5.75 Å². The number of carbonyl (C=O) groups is 1. The molecule has 1 aromatic heterocycles. The first-order valence-electron chi connectivity index (χ1n) is 11.4. The molecule has 2 aromatic rings. The Morgan fingerprint density at radius 2 is 1.88 bits per heavy atom. The molecule has 0 saturated carbocycles. The van der Waals surface area contributed by atoms with Crippen LogP contribution in [0.15, 0.2) is 42.6 Å². The average Bonchev–Trinajstić information content (AvgIpc) is 3.20. The Kier molecular flexibility index (Phi) is 8.00. The molecule has 0 aliphatic carbocycles. The van der Waals surface area contributed by atoms with Crippen LogP contribution in [0.2, 0.25) is 0 Å². The van der Waals surface area contributed by atoms with Crippen LogP contribution in [-0.4, -0.2) is 23.8 Å². The molecule has 0 bridgehead atoms. The number of allylic oxidation sites excluding steroid dienone is 2. The zero-order valence-corrected chi connectivity index (χ0v) is 19.2. The third-order valence-corrected chi connectivity index (χ3v) is 5.78. The first-order chi connectivity index (χ1) is 15.8. The normalized spacial score (nSPS) is 14.8. The van der Waals surface area contributed by atoms with Crippen molar-refractivity contribution in [1.82, 2.24) is 4.98 Å². The number of amides is 1. The minimum Gasteiger partial charge on any atom is -0.406 e. The van der Waals surface area contributed by atoms with Crippen LogP contribution in [0.25, 0.3) is 5.57 Å². The number of aromatic nitrogens is 1. The Morgan fingerprint density at radius 3 is 2.42 bits per heavy atom. The molecule has 1 N–H and O–H groups in total. The highest BCUT2D eigenvalue weighted by molar-refractivity contribution is 6.00. The molecule has 33 heavy (non-hydrogen) atoms. The van der Waals surface area contributed by atoms with Crippen LogP contribution in [0.4, 0.5) is 30.4 Å². The van der Waals surface area contributed by atoms with Crippen molar-refractivity contribution >= 4 is 28.7 Å². The Labute approximate surface area is 192 Å². The maximum absolute atomic E-state index is 12.6. The van der Waals surface area contributed by atoms with Crippen LogP contribution in [0.3, 0.4) is 0 Å². The van der Waals surface area contributed by atoms with E-state index in [1.54, 1.807) is 6.20 Å². The van der Waals surface area contributed by atoms with Gasteiger partial charge in [0.1, 0.15) is 11.6 Å². The van der Waals surface area contributed by atoms with E-state index in [4.69, 9.17) is 0 Å². The number of carbonyl (C=O) groups excluding carboxylic acids is 1. The van der Waals surface area contributed by atoms with E-state index in [2.05, 4.69) is 41.9 Å². The largest absolute Gasteiger partial charge is 0.573 e. The number of halogens is 3. The van der Waals surface area contributed by atoms with E-state index < -0.39 is 6.36 Å². The van der Waals surface area contributed by atoms with Crippen molar-refractivity contribution in [1.29, 1.82) is 0 Å². The van der Waals surface area contributed by atoms with Gasteiger partial charge in [-0.2, -0.15) is 0 Å². The number of hydrogen-bond donors (Lipinski definition) is 1. The summed E-state index contributed by atoms with van der Waals surface area (Å²) in [5, 5.41) is 3.26. The van der Waals surface area contributed by atoms with Crippen LogP contribution < -0.4 is 15.0 Å². The number of rotatable bonds is 9. The number of nitrogens with zero attached hydrogens (tertiary/aromatic N) is 2. The van der Waals surface area contributed by atoms with E-state index in [0.717, 1.165) is 42.5 Å². The molecule has 3 rings (SSSR count). The lowest BCUT2D eigenvalue weighted by Gasteiger charge is -2.27. The zero-order valence-electron chi connectivity index (χ0n) is 19.2. The van der Waals surface area contributed by atoms with E-state index in [1.807, 2.05) is 11.0 Å².